The van der Waals surface area contributed by atoms with Crippen molar-refractivity contribution in [1.82, 2.24) is 5.32 Å². The van der Waals surface area contributed by atoms with E-state index in [0.717, 1.165) is 109 Å². The lowest BCUT2D eigenvalue weighted by atomic mass is 10.0. The van der Waals surface area contributed by atoms with Crippen LogP contribution in [0, 0.1) is 0 Å². The number of unbranched alkanes of at least 4 members (excludes halogenated alkanes) is 34. The van der Waals surface area contributed by atoms with Crippen LogP contribution in [0.5, 0.6) is 0 Å². The Morgan fingerprint density at radius 3 is 1.15 bits per heavy atom. The van der Waals surface area contributed by atoms with Crippen LogP contribution in [0.15, 0.2) is 97.2 Å². The minimum absolute atomic E-state index is 0.0268. The molecular formula is C75H135N2O7P. The Hall–Kier alpha value is -3.07. The number of nitrogens with one attached hydrogen (secondary N) is 1. The minimum atomic E-state index is -4.71. The number of carbonyl (C=O) groups excluding carboxylic acids is 2. The molecule has 0 rings (SSSR count). The van der Waals surface area contributed by atoms with Crippen molar-refractivity contribution in [2.24, 2.45) is 0 Å². The van der Waals surface area contributed by atoms with E-state index < -0.39 is 26.6 Å². The van der Waals surface area contributed by atoms with Gasteiger partial charge in [0.25, 0.3) is 7.82 Å². The van der Waals surface area contributed by atoms with Gasteiger partial charge in [-0.1, -0.05) is 292 Å². The number of allylic oxidation sites excluding steroid dienone is 15. The highest BCUT2D eigenvalue weighted by molar-refractivity contribution is 7.45. The molecular weight excluding hydrogens is 1070 g/mol. The van der Waals surface area contributed by atoms with Gasteiger partial charge in [-0.25, -0.2) is 0 Å². The molecule has 0 aliphatic carbocycles. The second-order valence-corrected chi connectivity index (χ2v) is 26.4. The lowest BCUT2D eigenvalue weighted by Crippen LogP contribution is -2.47. The van der Waals surface area contributed by atoms with Crippen molar-refractivity contribution in [3.05, 3.63) is 97.2 Å². The number of nitrogens with zero attached hydrogens (tertiary/aromatic N) is 1. The van der Waals surface area contributed by atoms with Gasteiger partial charge in [-0.2, -0.15) is 0 Å². The van der Waals surface area contributed by atoms with Gasteiger partial charge in [-0.15, -0.1) is 0 Å². The molecule has 0 aromatic heterocycles. The normalized spacial score (nSPS) is 14.1. The number of rotatable bonds is 64. The maximum atomic E-state index is 13.6. The number of phosphoric ester groups is 1. The zero-order valence-electron chi connectivity index (χ0n) is 56.3. The van der Waals surface area contributed by atoms with Crippen LogP contribution in [0.1, 0.15) is 316 Å². The molecule has 3 unspecified atom stereocenters. The molecule has 0 aromatic carbocycles. The van der Waals surface area contributed by atoms with Gasteiger partial charge in [0.05, 0.1) is 33.8 Å². The molecule has 0 aliphatic heterocycles. The van der Waals surface area contributed by atoms with E-state index in [0.29, 0.717) is 17.4 Å². The van der Waals surface area contributed by atoms with Gasteiger partial charge in [-0.3, -0.25) is 14.2 Å². The zero-order valence-corrected chi connectivity index (χ0v) is 57.2. The number of phosphoric acid groups is 1. The number of quaternary nitrogens is 1. The number of esters is 1. The Balaban J connectivity index is 5.04. The lowest BCUT2D eigenvalue weighted by Gasteiger charge is -2.30. The van der Waals surface area contributed by atoms with Crippen molar-refractivity contribution < 1.29 is 37.3 Å². The second kappa shape index (κ2) is 63.9. The Morgan fingerprint density at radius 1 is 0.424 bits per heavy atom. The fourth-order valence-electron chi connectivity index (χ4n) is 10.1. The fraction of sp³-hybridized carbons (Fsp3) is 0.760. The first-order valence-electron chi connectivity index (χ1n) is 35.5. The molecule has 0 aromatic rings. The van der Waals surface area contributed by atoms with Crippen molar-refractivity contribution in [3.63, 3.8) is 0 Å². The highest BCUT2D eigenvalue weighted by Gasteiger charge is 2.27. The van der Waals surface area contributed by atoms with Crippen LogP contribution >= 0.6 is 7.82 Å². The molecule has 1 N–H and O–H groups in total. The molecule has 0 bridgehead atoms. The van der Waals surface area contributed by atoms with E-state index in [1.54, 1.807) is 0 Å². The summed E-state index contributed by atoms with van der Waals surface area (Å²) in [6.07, 6.45) is 86.7. The molecule has 0 radical (unpaired) electrons. The number of likely N-dealkylation sites (N-methyl/N-ethyl adjacent to an activating group) is 1. The summed E-state index contributed by atoms with van der Waals surface area (Å²) in [6, 6.07) is -0.897. The summed E-state index contributed by atoms with van der Waals surface area (Å²) in [5, 5.41) is 3.04. The SMILES string of the molecule is CC/C=C\C/C=C\C/C=C\C/C=C\C/C=C\CCCCCCCCCCCC(=O)NC(COP(=O)([O-])OCC[N+](C)(C)C)C(/C=C/CCCCCCCCCCC)OC(=O)CCCCCCCCCCCCCCC/C=C\C/C=C\CCCCC. The van der Waals surface area contributed by atoms with Crippen molar-refractivity contribution in [3.8, 4) is 0 Å². The van der Waals surface area contributed by atoms with Gasteiger partial charge in [0.1, 0.15) is 19.3 Å². The van der Waals surface area contributed by atoms with E-state index in [1.807, 2.05) is 33.3 Å². The quantitative estimate of drug-likeness (QED) is 0.0212. The number of carbonyl (C=O) groups is 2. The molecule has 1 amide bonds. The third kappa shape index (κ3) is 65.2. The Morgan fingerprint density at radius 2 is 0.753 bits per heavy atom. The van der Waals surface area contributed by atoms with Gasteiger partial charge in [0.2, 0.25) is 5.91 Å². The number of amides is 1. The van der Waals surface area contributed by atoms with E-state index in [-0.39, 0.29) is 24.9 Å². The first-order valence-corrected chi connectivity index (χ1v) is 37.0. The average molecular weight is 1210 g/mol. The first kappa shape index (κ1) is 81.9. The van der Waals surface area contributed by atoms with E-state index in [4.69, 9.17) is 13.8 Å². The van der Waals surface area contributed by atoms with Crippen LogP contribution < -0.4 is 10.2 Å². The molecule has 3 atom stereocenters. The van der Waals surface area contributed by atoms with Gasteiger partial charge >= 0.3 is 5.97 Å². The smallest absolute Gasteiger partial charge is 0.306 e. The topological polar surface area (TPSA) is 114 Å². The minimum Gasteiger partial charge on any atom is -0.756 e. The number of hydrogen-bond donors (Lipinski definition) is 1. The third-order valence-electron chi connectivity index (χ3n) is 15.5. The van der Waals surface area contributed by atoms with Crippen LogP contribution in [0.4, 0.5) is 0 Å². The predicted molar refractivity (Wildman–Crippen MR) is 367 cm³/mol. The maximum Gasteiger partial charge on any atom is 0.306 e. The fourth-order valence-corrected chi connectivity index (χ4v) is 10.8. The van der Waals surface area contributed by atoms with Gasteiger partial charge in [0.15, 0.2) is 0 Å². The molecule has 0 fully saturated rings. The largest absolute Gasteiger partial charge is 0.756 e. The van der Waals surface area contributed by atoms with E-state index in [9.17, 15) is 19.0 Å². The Bertz CT molecular complexity index is 1780. The van der Waals surface area contributed by atoms with Crippen LogP contribution in [0.2, 0.25) is 0 Å². The van der Waals surface area contributed by atoms with Crippen LogP contribution in [0.25, 0.3) is 0 Å². The van der Waals surface area contributed by atoms with Crippen molar-refractivity contribution in [1.29, 1.82) is 0 Å². The molecule has 9 nitrogen and oxygen atoms in total. The molecule has 0 spiro atoms. The Labute approximate surface area is 526 Å². The monoisotopic (exact) mass is 1210 g/mol. The number of hydrogen-bond acceptors (Lipinski definition) is 7. The molecule has 0 heterocycles. The summed E-state index contributed by atoms with van der Waals surface area (Å²) in [5.74, 6) is -0.545. The molecule has 85 heavy (non-hydrogen) atoms. The zero-order chi connectivity index (χ0) is 62.1. The third-order valence-corrected chi connectivity index (χ3v) is 16.5. The lowest BCUT2D eigenvalue weighted by molar-refractivity contribution is -0.870. The maximum absolute atomic E-state index is 13.6. The van der Waals surface area contributed by atoms with Gasteiger partial charge < -0.3 is 28.5 Å². The second-order valence-electron chi connectivity index (χ2n) is 25.0. The van der Waals surface area contributed by atoms with Crippen LogP contribution in [-0.4, -0.2) is 69.4 Å². The summed E-state index contributed by atoms with van der Waals surface area (Å²) < 4.78 is 30.4. The number of ether oxygens (including phenoxy) is 1. The van der Waals surface area contributed by atoms with Crippen LogP contribution in [0.3, 0.4) is 0 Å². The molecule has 0 saturated carbocycles. The van der Waals surface area contributed by atoms with Crippen molar-refractivity contribution in [2.75, 3.05) is 40.9 Å². The van der Waals surface area contributed by atoms with Crippen molar-refractivity contribution >= 4 is 19.7 Å². The highest BCUT2D eigenvalue weighted by Crippen LogP contribution is 2.38. The van der Waals surface area contributed by atoms with Gasteiger partial charge in [-0.05, 0) is 109 Å². The van der Waals surface area contributed by atoms with Gasteiger partial charge in [0, 0.05) is 12.8 Å². The van der Waals surface area contributed by atoms with Crippen molar-refractivity contribution in [2.45, 2.75) is 328 Å². The van der Waals surface area contributed by atoms with E-state index in [2.05, 4.69) is 111 Å². The predicted octanol–water partition coefficient (Wildman–Crippen LogP) is 22.0. The van der Waals surface area contributed by atoms with E-state index in [1.165, 1.54) is 173 Å². The standard InChI is InChI=1S/C75H135N2O7P/c1-7-10-13-16-19-22-25-27-29-31-33-35-37-38-40-41-43-45-47-49-52-55-58-61-64-67-74(78)76-72(71-83-85(80,81)82-70-69-77(4,5)6)73(66-63-60-57-54-51-24-21-18-15-12-9-3)84-75(79)68-65-62-59-56-53-50-48-46-44-42-39-36-34-32-30-28-26-23-20-17-14-11-8-2/h10,13,19-20,22-23,27-30,33,35,38,40,63,66,72-73H,7-9,11-12,14-18,21,24-26,31-32,34,36-37,39,41-62,64-65,67-71H2,1-6H3,(H-,76,78,80,81)/b13-10-,22-19-,23-20-,29-27-,30-28-,35-33-,40-38-,66-63+. The average Bonchev–Trinajstić information content (AvgIpc) is 3.64. The summed E-state index contributed by atoms with van der Waals surface area (Å²) >= 11 is 0. The van der Waals surface area contributed by atoms with E-state index >= 15 is 0 Å². The molecule has 492 valence electrons. The molecule has 10 heteroatoms. The molecule has 0 saturated heterocycles. The Kier molecular flexibility index (Phi) is 61.6. The van der Waals surface area contributed by atoms with Crippen LogP contribution in [-0.2, 0) is 27.9 Å². The summed E-state index contributed by atoms with van der Waals surface area (Å²) in [7, 11) is 1.18. The summed E-state index contributed by atoms with van der Waals surface area (Å²) in [5.41, 5.74) is 0. The highest BCUT2D eigenvalue weighted by atomic mass is 31.2. The first-order chi connectivity index (χ1) is 41.4. The molecule has 0 aliphatic rings. The summed E-state index contributed by atoms with van der Waals surface area (Å²) in [4.78, 5) is 40.2. The summed E-state index contributed by atoms with van der Waals surface area (Å²) in [6.45, 7) is 6.72.